The van der Waals surface area contributed by atoms with Crippen LogP contribution in [0.5, 0.6) is 5.75 Å². The Morgan fingerprint density at radius 2 is 2.23 bits per heavy atom. The molecule has 1 aliphatic rings. The van der Waals surface area contributed by atoms with Crippen LogP contribution in [0.4, 0.5) is 18.3 Å². The molecule has 10 heteroatoms. The van der Waals surface area contributed by atoms with Gasteiger partial charge in [-0.25, -0.2) is 4.98 Å². The number of aromatic nitrogens is 1. The van der Waals surface area contributed by atoms with Crippen LogP contribution in [-0.4, -0.2) is 36.5 Å². The molecule has 3 heterocycles. The molecule has 1 aromatic carbocycles. The van der Waals surface area contributed by atoms with Crippen molar-refractivity contribution in [1.29, 1.82) is 0 Å². The fraction of sp³-hybridized carbons (Fsp3) is 0.300. The number of hydrogen-bond donors (Lipinski definition) is 0. The van der Waals surface area contributed by atoms with Gasteiger partial charge in [0, 0.05) is 23.6 Å². The number of ether oxygens (including phenoxy) is 2. The Morgan fingerprint density at radius 3 is 2.93 bits per heavy atom. The van der Waals surface area contributed by atoms with Gasteiger partial charge in [-0.2, -0.15) is 0 Å². The molecule has 158 valence electrons. The first-order valence-electron chi connectivity index (χ1n) is 9.18. The van der Waals surface area contributed by atoms with E-state index in [9.17, 15) is 18.0 Å². The van der Waals surface area contributed by atoms with Crippen LogP contribution >= 0.6 is 22.7 Å². The molecule has 1 saturated heterocycles. The van der Waals surface area contributed by atoms with Gasteiger partial charge >= 0.3 is 6.36 Å². The van der Waals surface area contributed by atoms with Crippen LogP contribution in [0.2, 0.25) is 0 Å². The summed E-state index contributed by atoms with van der Waals surface area (Å²) in [6.07, 6.45) is 0.113. The van der Waals surface area contributed by atoms with Gasteiger partial charge in [0.1, 0.15) is 5.75 Å². The number of fused-ring (bicyclic) bond motifs is 1. The van der Waals surface area contributed by atoms with E-state index in [0.717, 1.165) is 29.1 Å². The summed E-state index contributed by atoms with van der Waals surface area (Å²) < 4.78 is 47.7. The second-order valence-corrected chi connectivity index (χ2v) is 8.59. The maximum atomic E-state index is 12.9. The SMILES string of the molecule is O=C(/C=C/c1cccs1)N(CC1CCCO1)c1nc2ccc(OC(F)(F)F)cc2s1. The van der Waals surface area contributed by atoms with E-state index in [2.05, 4.69) is 9.72 Å². The van der Waals surface area contributed by atoms with Gasteiger partial charge in [0.15, 0.2) is 5.13 Å². The first-order chi connectivity index (χ1) is 14.4. The number of nitrogens with zero attached hydrogens (tertiary/aromatic N) is 2. The molecular weight excluding hydrogens is 437 g/mol. The topological polar surface area (TPSA) is 51.7 Å². The standard InChI is InChI=1S/C20H17F3N2O3S2/c21-20(22,23)28-13-5-7-16-17(11-13)30-19(24-16)25(12-14-3-1-9-27-14)18(26)8-6-15-4-2-10-29-15/h2,4-8,10-11,14H,1,3,9,12H2/b8-6+. The molecule has 0 saturated carbocycles. The van der Waals surface area contributed by atoms with Crippen molar-refractivity contribution in [2.45, 2.75) is 25.3 Å². The lowest BCUT2D eigenvalue weighted by molar-refractivity contribution is -0.274. The molecule has 3 aromatic rings. The number of carbonyl (C=O) groups excluding carboxylic acids is 1. The van der Waals surface area contributed by atoms with E-state index in [0.29, 0.717) is 28.5 Å². The minimum absolute atomic E-state index is 0.0970. The second kappa shape index (κ2) is 8.75. The van der Waals surface area contributed by atoms with Gasteiger partial charge in [-0.15, -0.1) is 24.5 Å². The number of rotatable bonds is 6. The minimum Gasteiger partial charge on any atom is -0.406 e. The highest BCUT2D eigenvalue weighted by Crippen LogP contribution is 2.34. The maximum Gasteiger partial charge on any atom is 0.573 e. The van der Waals surface area contributed by atoms with Crippen LogP contribution in [0.25, 0.3) is 16.3 Å². The number of alkyl halides is 3. The van der Waals surface area contributed by atoms with Gasteiger partial charge in [0.25, 0.3) is 5.91 Å². The number of thiazole rings is 1. The van der Waals surface area contributed by atoms with Crippen molar-refractivity contribution in [3.63, 3.8) is 0 Å². The van der Waals surface area contributed by atoms with Gasteiger partial charge in [0.2, 0.25) is 0 Å². The van der Waals surface area contributed by atoms with Crippen molar-refractivity contribution in [3.05, 3.63) is 46.7 Å². The van der Waals surface area contributed by atoms with E-state index in [1.165, 1.54) is 40.5 Å². The molecule has 2 aromatic heterocycles. The molecule has 0 N–H and O–H groups in total. The third kappa shape index (κ3) is 5.18. The molecular formula is C20H17F3N2O3S2. The molecule has 1 aliphatic heterocycles. The third-order valence-corrected chi connectivity index (χ3v) is 6.30. The molecule has 0 aliphatic carbocycles. The summed E-state index contributed by atoms with van der Waals surface area (Å²) in [6.45, 7) is 0.981. The minimum atomic E-state index is -4.77. The van der Waals surface area contributed by atoms with Crippen LogP contribution < -0.4 is 9.64 Å². The van der Waals surface area contributed by atoms with Crippen molar-refractivity contribution in [1.82, 2.24) is 4.98 Å². The van der Waals surface area contributed by atoms with Gasteiger partial charge in [-0.05, 0) is 42.5 Å². The molecule has 30 heavy (non-hydrogen) atoms. The number of anilines is 1. The number of halogens is 3. The molecule has 0 radical (unpaired) electrons. The van der Waals surface area contributed by atoms with Crippen LogP contribution in [0.15, 0.2) is 41.8 Å². The Bertz CT molecular complexity index is 1040. The first kappa shape index (κ1) is 20.8. The number of benzene rings is 1. The summed E-state index contributed by atoms with van der Waals surface area (Å²) >= 11 is 2.65. The number of hydrogen-bond acceptors (Lipinski definition) is 6. The number of thiophene rings is 1. The summed E-state index contributed by atoms with van der Waals surface area (Å²) in [5, 5.41) is 2.33. The molecule has 5 nitrogen and oxygen atoms in total. The summed E-state index contributed by atoms with van der Waals surface area (Å²) in [5.74, 6) is -0.579. The van der Waals surface area contributed by atoms with Crippen LogP contribution in [0, 0.1) is 0 Å². The lowest BCUT2D eigenvalue weighted by Crippen LogP contribution is -2.36. The van der Waals surface area contributed by atoms with E-state index in [-0.39, 0.29) is 17.8 Å². The Kier molecular flexibility index (Phi) is 6.07. The molecule has 4 rings (SSSR count). The Labute approximate surface area is 178 Å². The van der Waals surface area contributed by atoms with E-state index >= 15 is 0 Å². The van der Waals surface area contributed by atoms with Crippen molar-refractivity contribution in [2.75, 3.05) is 18.1 Å². The molecule has 0 spiro atoms. The summed E-state index contributed by atoms with van der Waals surface area (Å²) in [5.41, 5.74) is 0.497. The molecule has 1 fully saturated rings. The van der Waals surface area contributed by atoms with Gasteiger partial charge in [-0.3, -0.25) is 9.69 Å². The van der Waals surface area contributed by atoms with Gasteiger partial charge < -0.3 is 9.47 Å². The van der Waals surface area contributed by atoms with Crippen LogP contribution in [0.1, 0.15) is 17.7 Å². The number of amides is 1. The van der Waals surface area contributed by atoms with Crippen LogP contribution in [-0.2, 0) is 9.53 Å². The zero-order valence-corrected chi connectivity index (χ0v) is 17.2. The average molecular weight is 454 g/mol. The third-order valence-electron chi connectivity index (χ3n) is 4.42. The van der Waals surface area contributed by atoms with E-state index < -0.39 is 6.36 Å². The zero-order chi connectivity index (χ0) is 21.1. The van der Waals surface area contributed by atoms with E-state index in [1.807, 2.05) is 17.5 Å². The van der Waals surface area contributed by atoms with Crippen molar-refractivity contribution in [3.8, 4) is 5.75 Å². The maximum absolute atomic E-state index is 12.9. The Hall–Kier alpha value is -2.43. The fourth-order valence-electron chi connectivity index (χ4n) is 3.09. The first-order valence-corrected chi connectivity index (χ1v) is 10.9. The van der Waals surface area contributed by atoms with E-state index in [4.69, 9.17) is 4.74 Å². The molecule has 1 atom stereocenters. The molecule has 1 amide bonds. The van der Waals surface area contributed by atoms with Gasteiger partial charge in [0.05, 0.1) is 22.9 Å². The fourth-order valence-corrected chi connectivity index (χ4v) is 4.72. The lowest BCUT2D eigenvalue weighted by Gasteiger charge is -2.21. The predicted octanol–water partition coefficient (Wildman–Crippen LogP) is 5.48. The smallest absolute Gasteiger partial charge is 0.406 e. The van der Waals surface area contributed by atoms with Crippen LogP contribution in [0.3, 0.4) is 0 Å². The number of carbonyl (C=O) groups is 1. The highest BCUT2D eigenvalue weighted by atomic mass is 32.1. The Balaban J connectivity index is 1.61. The quantitative estimate of drug-likeness (QED) is 0.463. The predicted molar refractivity (Wildman–Crippen MR) is 111 cm³/mol. The average Bonchev–Trinajstić information content (AvgIpc) is 3.43. The molecule has 1 unspecified atom stereocenters. The Morgan fingerprint density at radius 1 is 1.37 bits per heavy atom. The van der Waals surface area contributed by atoms with Crippen molar-refractivity contribution in [2.24, 2.45) is 0 Å². The largest absolute Gasteiger partial charge is 0.573 e. The highest BCUT2D eigenvalue weighted by Gasteiger charge is 2.31. The van der Waals surface area contributed by atoms with Crippen molar-refractivity contribution < 1.29 is 27.4 Å². The normalized spacial score (nSPS) is 17.1. The zero-order valence-electron chi connectivity index (χ0n) is 15.6. The lowest BCUT2D eigenvalue weighted by atomic mass is 10.2. The molecule has 0 bridgehead atoms. The highest BCUT2D eigenvalue weighted by molar-refractivity contribution is 7.22. The van der Waals surface area contributed by atoms with E-state index in [1.54, 1.807) is 6.08 Å². The second-order valence-electron chi connectivity index (χ2n) is 6.61. The summed E-state index contributed by atoms with van der Waals surface area (Å²) in [6, 6.07) is 7.74. The van der Waals surface area contributed by atoms with Gasteiger partial charge in [-0.1, -0.05) is 17.4 Å². The monoisotopic (exact) mass is 454 g/mol. The summed E-state index contributed by atoms with van der Waals surface area (Å²) in [4.78, 5) is 19.9. The van der Waals surface area contributed by atoms with Crippen molar-refractivity contribution >= 4 is 50.0 Å². The summed E-state index contributed by atoms with van der Waals surface area (Å²) in [7, 11) is 0.